The first kappa shape index (κ1) is 36.7. The van der Waals surface area contributed by atoms with Crippen molar-refractivity contribution < 1.29 is 50.3 Å². The number of hydrogen-bond donors (Lipinski definition) is 1. The van der Waals surface area contributed by atoms with E-state index in [2.05, 4.69) is 15.3 Å². The molecule has 1 amide bonds. The Morgan fingerprint density at radius 1 is 0.737 bits per heavy atom. The second-order valence-corrected chi connectivity index (χ2v) is 14.0. The maximum absolute atomic E-state index is 12.4. The fraction of sp³-hybridized carbons (Fsp3) is 0.952. The van der Waals surface area contributed by atoms with Crippen LogP contribution in [-0.4, -0.2) is 125 Å². The van der Waals surface area contributed by atoms with Crippen LogP contribution >= 0.6 is 0 Å². The van der Waals surface area contributed by atoms with Crippen molar-refractivity contribution in [1.29, 1.82) is 0 Å². The van der Waals surface area contributed by atoms with Crippen LogP contribution < -0.4 is 5.32 Å². The summed E-state index contributed by atoms with van der Waals surface area (Å²) < 4.78 is 54.2. The molecule has 0 aromatic heterocycles. The average molecular weight is 587 g/mol. The molecule has 224 valence electrons. The van der Waals surface area contributed by atoms with E-state index in [9.17, 15) is 4.79 Å². The number of azide groups is 1. The van der Waals surface area contributed by atoms with Gasteiger partial charge >= 0.3 is 23.7 Å². The summed E-state index contributed by atoms with van der Waals surface area (Å²) in [6.07, 6.45) is 1.38. The molecule has 0 saturated heterocycles. The largest absolute Gasteiger partial charge is 0.500 e. The van der Waals surface area contributed by atoms with Gasteiger partial charge in [-0.3, -0.25) is 0 Å². The summed E-state index contributed by atoms with van der Waals surface area (Å²) >= 11 is 0. The van der Waals surface area contributed by atoms with Crippen LogP contribution in [0, 0.1) is 0 Å². The minimum absolute atomic E-state index is 0.0982. The third-order valence-electron chi connectivity index (χ3n) is 5.63. The van der Waals surface area contributed by atoms with E-state index in [0.29, 0.717) is 70.9 Å². The highest BCUT2D eigenvalue weighted by Crippen LogP contribution is 2.21. The Hall–Kier alpha value is -1.35. The van der Waals surface area contributed by atoms with Gasteiger partial charge in [-0.1, -0.05) is 5.11 Å². The van der Waals surface area contributed by atoms with Gasteiger partial charge in [0.1, 0.15) is 6.61 Å². The van der Waals surface area contributed by atoms with Gasteiger partial charge in [0.15, 0.2) is 0 Å². The third-order valence-corrected chi connectivity index (χ3v) is 11.2. The molecule has 0 aromatic rings. The molecule has 0 saturated carbocycles. The maximum atomic E-state index is 12.4. The quantitative estimate of drug-likeness (QED) is 0.0519. The van der Waals surface area contributed by atoms with E-state index in [4.69, 9.17) is 51.0 Å². The Balaban J connectivity index is 4.40. The first-order valence-corrected chi connectivity index (χ1v) is 16.2. The van der Waals surface area contributed by atoms with Gasteiger partial charge in [-0.2, -0.15) is 0 Å². The zero-order valence-corrected chi connectivity index (χ0v) is 25.6. The van der Waals surface area contributed by atoms with E-state index in [1.807, 2.05) is 0 Å². The topological polar surface area (TPSA) is 170 Å². The lowest BCUT2D eigenvalue weighted by atomic mass is 10.1. The van der Waals surface area contributed by atoms with E-state index in [0.717, 1.165) is 0 Å². The van der Waals surface area contributed by atoms with Crippen molar-refractivity contribution in [2.45, 2.75) is 37.4 Å². The van der Waals surface area contributed by atoms with E-state index in [-0.39, 0.29) is 19.3 Å². The molecule has 1 unspecified atom stereocenters. The molecule has 0 aliphatic carbocycles. The lowest BCUT2D eigenvalue weighted by Gasteiger charge is -2.28. The molecule has 0 aromatic carbocycles. The van der Waals surface area contributed by atoms with Gasteiger partial charge in [-0.25, -0.2) is 4.79 Å². The summed E-state index contributed by atoms with van der Waals surface area (Å²) in [5.41, 5.74) is 8.16. The van der Waals surface area contributed by atoms with Crippen LogP contribution in [-0.2, 0) is 45.5 Å². The molecular formula is C21H46N4O11Si2. The van der Waals surface area contributed by atoms with Crippen LogP contribution in [0.4, 0.5) is 4.79 Å². The predicted octanol–water partition coefficient (Wildman–Crippen LogP) is 2.37. The second kappa shape index (κ2) is 23.5. The third kappa shape index (κ3) is 16.6. The van der Waals surface area contributed by atoms with Crippen molar-refractivity contribution in [3.8, 4) is 0 Å². The van der Waals surface area contributed by atoms with E-state index in [1.165, 1.54) is 0 Å². The summed E-state index contributed by atoms with van der Waals surface area (Å²) in [6, 6.07) is 0.906. The van der Waals surface area contributed by atoms with Gasteiger partial charge in [0.2, 0.25) is 0 Å². The molecular weight excluding hydrogens is 540 g/mol. The van der Waals surface area contributed by atoms with Crippen molar-refractivity contribution in [2.75, 3.05) is 95.5 Å². The number of nitrogens with one attached hydrogen (secondary N) is 1. The Morgan fingerprint density at radius 2 is 1.21 bits per heavy atom. The monoisotopic (exact) mass is 586 g/mol. The lowest BCUT2D eigenvalue weighted by Crippen LogP contribution is -2.45. The van der Waals surface area contributed by atoms with Crippen LogP contribution in [0.2, 0.25) is 12.1 Å². The van der Waals surface area contributed by atoms with Gasteiger partial charge in [0.25, 0.3) is 0 Å². The molecule has 0 bridgehead atoms. The molecule has 1 N–H and O–H groups in total. The first-order valence-electron chi connectivity index (χ1n) is 12.4. The van der Waals surface area contributed by atoms with Crippen molar-refractivity contribution in [3.63, 3.8) is 0 Å². The molecule has 0 heterocycles. The standard InChI is InChI=1S/C21H46N4O11Si2/c1-27-37(28-2,29-3)18-7-8-20(9-19-38(30-4,31-5)32-6)24-21(26)36-17-16-35-15-14-34-13-12-33-11-10-23-25-22/h20H,7-19H2,1-6H3,(H,24,26). The van der Waals surface area contributed by atoms with Crippen molar-refractivity contribution in [1.82, 2.24) is 5.32 Å². The predicted molar refractivity (Wildman–Crippen MR) is 142 cm³/mol. The average Bonchev–Trinajstić information content (AvgIpc) is 2.94. The zero-order valence-electron chi connectivity index (χ0n) is 23.6. The van der Waals surface area contributed by atoms with Gasteiger partial charge in [-0.15, -0.1) is 0 Å². The normalized spacial score (nSPS) is 12.7. The Kier molecular flexibility index (Phi) is 22.7. The molecule has 0 rings (SSSR count). The van der Waals surface area contributed by atoms with Gasteiger partial charge in [0, 0.05) is 72.2 Å². The number of amides is 1. The van der Waals surface area contributed by atoms with Crippen molar-refractivity contribution in [3.05, 3.63) is 10.4 Å². The molecule has 15 nitrogen and oxygen atoms in total. The maximum Gasteiger partial charge on any atom is 0.500 e. The number of rotatable bonds is 26. The summed E-state index contributed by atoms with van der Waals surface area (Å²) in [4.78, 5) is 15.1. The number of ether oxygens (including phenoxy) is 4. The van der Waals surface area contributed by atoms with Crippen LogP contribution in [0.25, 0.3) is 10.4 Å². The SMILES string of the molecule is CO[Si](CCCC(CC[Si](OC)(OC)OC)NC(=O)OCCOCCOCCOCCN=[N+]=[N-])(OC)OC. The molecule has 0 radical (unpaired) electrons. The summed E-state index contributed by atoms with van der Waals surface area (Å²) in [7, 11) is 3.86. The Labute approximate surface area is 228 Å². The number of carbonyl (C=O) groups is 1. The fourth-order valence-corrected chi connectivity index (χ4v) is 6.97. The molecule has 0 aliphatic rings. The van der Waals surface area contributed by atoms with Crippen LogP contribution in [0.3, 0.4) is 0 Å². The summed E-state index contributed by atoms with van der Waals surface area (Å²) in [5, 5.41) is 6.28. The van der Waals surface area contributed by atoms with Crippen molar-refractivity contribution >= 4 is 23.7 Å². The highest BCUT2D eigenvalue weighted by Gasteiger charge is 2.39. The molecule has 0 spiro atoms. The minimum atomic E-state index is -2.80. The van der Waals surface area contributed by atoms with Crippen LogP contribution in [0.15, 0.2) is 5.11 Å². The van der Waals surface area contributed by atoms with Gasteiger partial charge in [-0.05, 0) is 24.8 Å². The smallest absolute Gasteiger partial charge is 0.447 e. The highest BCUT2D eigenvalue weighted by molar-refractivity contribution is 6.60. The minimum Gasteiger partial charge on any atom is -0.447 e. The van der Waals surface area contributed by atoms with Gasteiger partial charge < -0.3 is 50.8 Å². The number of carbonyl (C=O) groups excluding carboxylic acids is 1. The second-order valence-electron chi connectivity index (χ2n) is 7.79. The number of hydrogen-bond acceptors (Lipinski definition) is 12. The molecule has 0 fully saturated rings. The Morgan fingerprint density at radius 3 is 1.71 bits per heavy atom. The fourth-order valence-electron chi connectivity index (χ4n) is 3.41. The molecule has 17 heteroatoms. The highest BCUT2D eigenvalue weighted by atomic mass is 28.4. The van der Waals surface area contributed by atoms with Crippen LogP contribution in [0.1, 0.15) is 19.3 Å². The Bertz CT molecular complexity index is 624. The van der Waals surface area contributed by atoms with Crippen LogP contribution in [0.5, 0.6) is 0 Å². The number of nitrogens with zero attached hydrogens (tertiary/aromatic N) is 3. The van der Waals surface area contributed by atoms with Gasteiger partial charge in [0.05, 0.1) is 39.6 Å². The van der Waals surface area contributed by atoms with E-state index < -0.39 is 23.7 Å². The van der Waals surface area contributed by atoms with Crippen molar-refractivity contribution in [2.24, 2.45) is 5.11 Å². The first-order chi connectivity index (χ1) is 18.4. The van der Waals surface area contributed by atoms with E-state index >= 15 is 0 Å². The molecule has 0 aliphatic heterocycles. The lowest BCUT2D eigenvalue weighted by molar-refractivity contribution is 0.00656. The molecule has 1 atom stereocenters. The number of alkyl carbamates (subject to hydrolysis) is 1. The molecule has 38 heavy (non-hydrogen) atoms. The summed E-state index contributed by atoms with van der Waals surface area (Å²) in [5.74, 6) is 0. The van der Waals surface area contributed by atoms with E-state index in [1.54, 1.807) is 42.7 Å². The summed E-state index contributed by atoms with van der Waals surface area (Å²) in [6.45, 7) is 2.53. The zero-order chi connectivity index (χ0) is 28.5.